The third kappa shape index (κ3) is 2.73. The Morgan fingerprint density at radius 2 is 1.62 bits per heavy atom. The zero-order valence-corrected chi connectivity index (χ0v) is 8.40. The minimum atomic E-state index is -0.303. The van der Waals surface area contributed by atoms with Crippen LogP contribution in [-0.2, 0) is 0 Å². The average Bonchev–Trinajstić information content (AvgIpc) is 2.28. The van der Waals surface area contributed by atoms with Gasteiger partial charge in [0.25, 0.3) is 0 Å². The van der Waals surface area contributed by atoms with Gasteiger partial charge in [-0.05, 0) is 42.0 Å². The highest BCUT2D eigenvalue weighted by Gasteiger charge is 1.92. The normalized spacial score (nSPS) is 10.9. The van der Waals surface area contributed by atoms with E-state index in [1.165, 1.54) is 30.5 Å². The van der Waals surface area contributed by atoms with Crippen molar-refractivity contribution in [2.24, 2.45) is 4.99 Å². The summed E-state index contributed by atoms with van der Waals surface area (Å²) < 4.78 is 25.4. The molecule has 0 aliphatic rings. The topological polar surface area (TPSA) is 12.4 Å². The average molecular weight is 217 g/mol. The Labute approximate surface area is 92.1 Å². The van der Waals surface area contributed by atoms with Crippen LogP contribution < -0.4 is 0 Å². The van der Waals surface area contributed by atoms with Crippen molar-refractivity contribution in [1.29, 1.82) is 0 Å². The van der Waals surface area contributed by atoms with Crippen molar-refractivity contribution in [2.75, 3.05) is 0 Å². The van der Waals surface area contributed by atoms with Gasteiger partial charge in [0.2, 0.25) is 0 Å². The van der Waals surface area contributed by atoms with Crippen molar-refractivity contribution in [3.8, 4) is 0 Å². The van der Waals surface area contributed by atoms with Crippen LogP contribution in [0.15, 0.2) is 53.5 Å². The Bertz CT molecular complexity index is 504. The van der Waals surface area contributed by atoms with Crippen molar-refractivity contribution in [3.63, 3.8) is 0 Å². The molecular formula is C13H9F2N. The summed E-state index contributed by atoms with van der Waals surface area (Å²) in [6.45, 7) is 0. The van der Waals surface area contributed by atoms with Gasteiger partial charge in [-0.1, -0.05) is 12.1 Å². The summed E-state index contributed by atoms with van der Waals surface area (Å²) in [5.74, 6) is -0.604. The van der Waals surface area contributed by atoms with Crippen molar-refractivity contribution in [3.05, 3.63) is 65.7 Å². The van der Waals surface area contributed by atoms with Crippen LogP contribution >= 0.6 is 0 Å². The molecule has 0 heterocycles. The molecule has 80 valence electrons. The first-order valence-electron chi connectivity index (χ1n) is 4.79. The fourth-order valence-corrected chi connectivity index (χ4v) is 1.26. The molecule has 16 heavy (non-hydrogen) atoms. The second kappa shape index (κ2) is 4.66. The van der Waals surface area contributed by atoms with Crippen molar-refractivity contribution >= 4 is 11.9 Å². The maximum atomic E-state index is 12.8. The molecule has 0 saturated heterocycles. The van der Waals surface area contributed by atoms with Gasteiger partial charge in [-0.3, -0.25) is 4.99 Å². The highest BCUT2D eigenvalue weighted by Crippen LogP contribution is 2.12. The van der Waals surface area contributed by atoms with Crippen LogP contribution in [0.5, 0.6) is 0 Å². The van der Waals surface area contributed by atoms with Gasteiger partial charge in [0.1, 0.15) is 11.6 Å². The lowest BCUT2D eigenvalue weighted by Crippen LogP contribution is -1.81. The summed E-state index contributed by atoms with van der Waals surface area (Å²) in [6, 6.07) is 11.9. The molecule has 0 radical (unpaired) electrons. The predicted octanol–water partition coefficient (Wildman–Crippen LogP) is 3.72. The number of nitrogens with zero attached hydrogens (tertiary/aromatic N) is 1. The molecule has 0 aromatic heterocycles. The van der Waals surface area contributed by atoms with Gasteiger partial charge >= 0.3 is 0 Å². The summed E-state index contributed by atoms with van der Waals surface area (Å²) in [6.07, 6.45) is 1.54. The highest BCUT2D eigenvalue weighted by atomic mass is 19.1. The van der Waals surface area contributed by atoms with Crippen LogP contribution in [0.1, 0.15) is 5.56 Å². The van der Waals surface area contributed by atoms with Crippen LogP contribution in [0.25, 0.3) is 0 Å². The van der Waals surface area contributed by atoms with Gasteiger partial charge in [-0.15, -0.1) is 0 Å². The monoisotopic (exact) mass is 217 g/mol. The van der Waals surface area contributed by atoms with E-state index >= 15 is 0 Å². The molecule has 0 spiro atoms. The van der Waals surface area contributed by atoms with Gasteiger partial charge in [-0.25, -0.2) is 8.78 Å². The fourth-order valence-electron chi connectivity index (χ4n) is 1.26. The summed E-state index contributed by atoms with van der Waals surface area (Å²) >= 11 is 0. The number of hydrogen-bond donors (Lipinski definition) is 0. The predicted molar refractivity (Wildman–Crippen MR) is 60.1 cm³/mol. The molecule has 0 aliphatic heterocycles. The zero-order chi connectivity index (χ0) is 11.4. The van der Waals surface area contributed by atoms with E-state index in [-0.39, 0.29) is 11.6 Å². The molecule has 0 saturated carbocycles. The van der Waals surface area contributed by atoms with Crippen LogP contribution in [0, 0.1) is 11.6 Å². The van der Waals surface area contributed by atoms with Gasteiger partial charge in [-0.2, -0.15) is 0 Å². The summed E-state index contributed by atoms with van der Waals surface area (Å²) in [5, 5.41) is 0. The Kier molecular flexibility index (Phi) is 3.05. The Hall–Kier alpha value is -2.03. The minimum absolute atomic E-state index is 0.301. The van der Waals surface area contributed by atoms with E-state index in [1.807, 2.05) is 0 Å². The SMILES string of the molecule is Fc1ccc(/N=C/c2cccc(F)c2)cc1. The second-order valence-electron chi connectivity index (χ2n) is 3.29. The molecule has 0 atom stereocenters. The third-order valence-electron chi connectivity index (χ3n) is 2.04. The van der Waals surface area contributed by atoms with Crippen LogP contribution in [0.4, 0.5) is 14.5 Å². The Morgan fingerprint density at radius 1 is 0.875 bits per heavy atom. The third-order valence-corrected chi connectivity index (χ3v) is 2.04. The highest BCUT2D eigenvalue weighted by molar-refractivity contribution is 5.81. The molecule has 0 aliphatic carbocycles. The largest absolute Gasteiger partial charge is 0.256 e. The van der Waals surface area contributed by atoms with Gasteiger partial charge in [0.15, 0.2) is 0 Å². The lowest BCUT2D eigenvalue weighted by Gasteiger charge is -1.94. The molecule has 0 unspecified atom stereocenters. The molecule has 1 nitrogen and oxygen atoms in total. The molecule has 2 rings (SSSR count). The van der Waals surface area contributed by atoms with Crippen molar-refractivity contribution in [2.45, 2.75) is 0 Å². The number of halogens is 2. The first-order chi connectivity index (χ1) is 7.74. The van der Waals surface area contributed by atoms with Crippen LogP contribution in [-0.4, -0.2) is 6.21 Å². The quantitative estimate of drug-likeness (QED) is 0.680. The molecule has 0 bridgehead atoms. The van der Waals surface area contributed by atoms with Crippen molar-refractivity contribution in [1.82, 2.24) is 0 Å². The van der Waals surface area contributed by atoms with E-state index in [4.69, 9.17) is 0 Å². The smallest absolute Gasteiger partial charge is 0.123 e. The van der Waals surface area contributed by atoms with E-state index in [1.54, 1.807) is 24.3 Å². The van der Waals surface area contributed by atoms with E-state index in [0.29, 0.717) is 11.3 Å². The summed E-state index contributed by atoms with van der Waals surface area (Å²) in [5.41, 5.74) is 1.30. The van der Waals surface area contributed by atoms with E-state index in [0.717, 1.165) is 0 Å². The van der Waals surface area contributed by atoms with E-state index < -0.39 is 0 Å². The number of benzene rings is 2. The lowest BCUT2D eigenvalue weighted by molar-refractivity contribution is 0.627. The van der Waals surface area contributed by atoms with E-state index in [2.05, 4.69) is 4.99 Å². The van der Waals surface area contributed by atoms with Crippen LogP contribution in [0.2, 0.25) is 0 Å². The molecular weight excluding hydrogens is 208 g/mol. The lowest BCUT2D eigenvalue weighted by atomic mass is 10.2. The zero-order valence-electron chi connectivity index (χ0n) is 8.40. The molecule has 0 amide bonds. The molecule has 2 aromatic rings. The fraction of sp³-hybridized carbons (Fsp3) is 0. The van der Waals surface area contributed by atoms with Crippen LogP contribution in [0.3, 0.4) is 0 Å². The molecule has 0 N–H and O–H groups in total. The maximum Gasteiger partial charge on any atom is 0.123 e. The Morgan fingerprint density at radius 3 is 2.31 bits per heavy atom. The standard InChI is InChI=1S/C13H9F2N/c14-11-4-6-13(7-5-11)16-9-10-2-1-3-12(15)8-10/h1-9H/b16-9+. The maximum absolute atomic E-state index is 12.8. The first-order valence-corrected chi connectivity index (χ1v) is 4.79. The molecule has 3 heteroatoms. The second-order valence-corrected chi connectivity index (χ2v) is 3.29. The Balaban J connectivity index is 2.18. The van der Waals surface area contributed by atoms with Crippen molar-refractivity contribution < 1.29 is 8.78 Å². The number of rotatable bonds is 2. The number of hydrogen-bond acceptors (Lipinski definition) is 1. The van der Waals surface area contributed by atoms with Gasteiger partial charge in [0.05, 0.1) is 5.69 Å². The van der Waals surface area contributed by atoms with Gasteiger partial charge < -0.3 is 0 Å². The first kappa shape index (κ1) is 10.5. The molecule has 0 fully saturated rings. The minimum Gasteiger partial charge on any atom is -0.256 e. The summed E-state index contributed by atoms with van der Waals surface area (Å²) in [7, 11) is 0. The molecule has 2 aromatic carbocycles. The van der Waals surface area contributed by atoms with E-state index in [9.17, 15) is 8.78 Å². The summed E-state index contributed by atoms with van der Waals surface area (Å²) in [4.78, 5) is 4.10. The number of aliphatic imine (C=N–C) groups is 1. The van der Waals surface area contributed by atoms with Gasteiger partial charge in [0, 0.05) is 6.21 Å².